The van der Waals surface area contributed by atoms with Crippen LogP contribution in [0.25, 0.3) is 0 Å². The summed E-state index contributed by atoms with van der Waals surface area (Å²) in [6, 6.07) is 5.86. The van der Waals surface area contributed by atoms with Gasteiger partial charge in [0.2, 0.25) is 0 Å². The van der Waals surface area contributed by atoms with Gasteiger partial charge in [0.25, 0.3) is 5.91 Å². The molecule has 5 nitrogen and oxygen atoms in total. The zero-order chi connectivity index (χ0) is 14.4. The first-order valence-electron chi connectivity index (χ1n) is 5.90. The second-order valence-electron chi connectivity index (χ2n) is 4.00. The van der Waals surface area contributed by atoms with Crippen LogP contribution in [0.1, 0.15) is 20.3 Å². The molecule has 1 amide bonds. The number of carbonyl (C=O) groups is 2. The summed E-state index contributed by atoms with van der Waals surface area (Å²) in [7, 11) is 0. The van der Waals surface area contributed by atoms with E-state index in [2.05, 4.69) is 5.32 Å². The Labute approximate surface area is 116 Å². The predicted molar refractivity (Wildman–Crippen MR) is 71.4 cm³/mol. The van der Waals surface area contributed by atoms with Gasteiger partial charge < -0.3 is 15.2 Å². The van der Waals surface area contributed by atoms with Gasteiger partial charge in [-0.15, -0.1) is 0 Å². The maximum Gasteiger partial charge on any atom is 0.326 e. The topological polar surface area (TPSA) is 75.6 Å². The quantitative estimate of drug-likeness (QED) is 0.839. The van der Waals surface area contributed by atoms with Crippen LogP contribution in [-0.2, 0) is 9.59 Å². The van der Waals surface area contributed by atoms with Gasteiger partial charge in [-0.2, -0.15) is 0 Å². The molecule has 0 radical (unpaired) electrons. The van der Waals surface area contributed by atoms with Gasteiger partial charge in [-0.25, -0.2) is 4.79 Å². The number of carboxylic acid groups (broad SMARTS) is 1. The maximum absolute atomic E-state index is 11.8. The number of benzene rings is 1. The lowest BCUT2D eigenvalue weighted by molar-refractivity contribution is -0.143. The molecule has 6 heteroatoms. The van der Waals surface area contributed by atoms with Crippen molar-refractivity contribution in [3.8, 4) is 5.75 Å². The molecule has 1 aromatic rings. The number of para-hydroxylation sites is 1. The van der Waals surface area contributed by atoms with Crippen molar-refractivity contribution in [2.75, 3.05) is 0 Å². The van der Waals surface area contributed by atoms with E-state index >= 15 is 0 Å². The van der Waals surface area contributed by atoms with E-state index in [0.717, 1.165) is 0 Å². The third-order valence-electron chi connectivity index (χ3n) is 2.53. The number of halogens is 1. The highest BCUT2D eigenvalue weighted by Crippen LogP contribution is 2.24. The zero-order valence-corrected chi connectivity index (χ0v) is 11.5. The molecule has 0 fully saturated rings. The highest BCUT2D eigenvalue weighted by atomic mass is 35.5. The van der Waals surface area contributed by atoms with Crippen molar-refractivity contribution >= 4 is 23.5 Å². The molecule has 0 bridgehead atoms. The van der Waals surface area contributed by atoms with Gasteiger partial charge in [0.1, 0.15) is 11.8 Å². The molecule has 1 unspecified atom stereocenters. The Bertz CT molecular complexity index is 464. The Hall–Kier alpha value is -1.75. The molecule has 1 aromatic carbocycles. The third-order valence-corrected chi connectivity index (χ3v) is 2.84. The standard InChI is InChI=1S/C13H16ClNO4/c1-3-10(13(17)18)15-12(16)8(2)19-11-7-5-4-6-9(11)14/h4-8,10H,3H2,1-2H3,(H,15,16)(H,17,18)/t8?,10-/m0/s1. The van der Waals surface area contributed by atoms with Gasteiger partial charge in [0.15, 0.2) is 6.10 Å². The van der Waals surface area contributed by atoms with Crippen LogP contribution >= 0.6 is 11.6 Å². The van der Waals surface area contributed by atoms with Crippen LogP contribution in [0.5, 0.6) is 5.75 Å². The average Bonchev–Trinajstić information content (AvgIpc) is 2.37. The van der Waals surface area contributed by atoms with Crippen LogP contribution in [0, 0.1) is 0 Å². The fraction of sp³-hybridized carbons (Fsp3) is 0.385. The third kappa shape index (κ3) is 4.44. The zero-order valence-electron chi connectivity index (χ0n) is 10.7. The highest BCUT2D eigenvalue weighted by Gasteiger charge is 2.22. The predicted octanol–water partition coefficient (Wildman–Crippen LogP) is 2.09. The molecular weight excluding hydrogens is 270 g/mol. The van der Waals surface area contributed by atoms with E-state index in [4.69, 9.17) is 21.4 Å². The summed E-state index contributed by atoms with van der Waals surface area (Å²) in [5.74, 6) is -1.18. The molecule has 2 atom stereocenters. The Morgan fingerprint density at radius 2 is 2.05 bits per heavy atom. The average molecular weight is 286 g/mol. The van der Waals surface area contributed by atoms with Gasteiger partial charge in [0, 0.05) is 0 Å². The van der Waals surface area contributed by atoms with Gasteiger partial charge in [-0.05, 0) is 25.5 Å². The monoisotopic (exact) mass is 285 g/mol. The number of carboxylic acids is 1. The largest absolute Gasteiger partial charge is 0.480 e. The molecular formula is C13H16ClNO4. The minimum absolute atomic E-state index is 0.305. The van der Waals surface area contributed by atoms with E-state index in [1.54, 1.807) is 31.2 Å². The molecule has 0 heterocycles. The number of ether oxygens (including phenoxy) is 1. The van der Waals surface area contributed by atoms with Crippen molar-refractivity contribution in [3.05, 3.63) is 29.3 Å². The van der Waals surface area contributed by atoms with E-state index in [1.807, 2.05) is 0 Å². The van der Waals surface area contributed by atoms with Gasteiger partial charge >= 0.3 is 5.97 Å². The summed E-state index contributed by atoms with van der Waals surface area (Å²) in [5, 5.41) is 11.7. The summed E-state index contributed by atoms with van der Waals surface area (Å²) >= 11 is 5.91. The molecule has 0 aliphatic heterocycles. The number of hydrogen-bond donors (Lipinski definition) is 2. The molecule has 1 rings (SSSR count). The number of rotatable bonds is 6. The summed E-state index contributed by atoms with van der Waals surface area (Å²) < 4.78 is 5.40. The van der Waals surface area contributed by atoms with E-state index in [1.165, 1.54) is 6.92 Å². The number of nitrogens with one attached hydrogen (secondary N) is 1. The first-order chi connectivity index (χ1) is 8.95. The maximum atomic E-state index is 11.8. The van der Waals surface area contributed by atoms with Crippen molar-refractivity contribution in [2.24, 2.45) is 0 Å². The van der Waals surface area contributed by atoms with Crippen LogP contribution in [0.2, 0.25) is 5.02 Å². The lowest BCUT2D eigenvalue weighted by Crippen LogP contribution is -2.45. The SMILES string of the molecule is CC[C@H](NC(=O)C(C)Oc1ccccc1Cl)C(=O)O. The van der Waals surface area contributed by atoms with Crippen LogP contribution in [0.3, 0.4) is 0 Å². The van der Waals surface area contributed by atoms with Crippen LogP contribution in [-0.4, -0.2) is 29.1 Å². The van der Waals surface area contributed by atoms with Crippen molar-refractivity contribution in [2.45, 2.75) is 32.4 Å². The molecule has 104 valence electrons. The summed E-state index contributed by atoms with van der Waals surface area (Å²) in [6.07, 6.45) is -0.520. The molecule has 0 aromatic heterocycles. The van der Waals surface area contributed by atoms with E-state index in [9.17, 15) is 9.59 Å². The molecule has 2 N–H and O–H groups in total. The van der Waals surface area contributed by atoms with Gasteiger partial charge in [-0.1, -0.05) is 30.7 Å². The number of aliphatic carboxylic acids is 1. The fourth-order valence-corrected chi connectivity index (χ4v) is 1.59. The Morgan fingerprint density at radius 3 is 2.58 bits per heavy atom. The van der Waals surface area contributed by atoms with Crippen molar-refractivity contribution in [1.29, 1.82) is 0 Å². The van der Waals surface area contributed by atoms with E-state index in [0.29, 0.717) is 17.2 Å². The number of carbonyl (C=O) groups excluding carboxylic acids is 1. The molecule has 0 aliphatic rings. The van der Waals surface area contributed by atoms with Crippen molar-refractivity contribution in [3.63, 3.8) is 0 Å². The van der Waals surface area contributed by atoms with E-state index in [-0.39, 0.29) is 0 Å². The smallest absolute Gasteiger partial charge is 0.326 e. The molecule has 0 saturated heterocycles. The molecule has 19 heavy (non-hydrogen) atoms. The Morgan fingerprint density at radius 1 is 1.42 bits per heavy atom. The first kappa shape index (κ1) is 15.3. The first-order valence-corrected chi connectivity index (χ1v) is 6.27. The van der Waals surface area contributed by atoms with E-state index < -0.39 is 24.0 Å². The Balaban J connectivity index is 2.63. The highest BCUT2D eigenvalue weighted by molar-refractivity contribution is 6.32. The lowest BCUT2D eigenvalue weighted by atomic mass is 10.2. The van der Waals surface area contributed by atoms with Crippen LogP contribution < -0.4 is 10.1 Å². The second-order valence-corrected chi connectivity index (χ2v) is 4.41. The van der Waals surface area contributed by atoms with Crippen LogP contribution in [0.15, 0.2) is 24.3 Å². The fourth-order valence-electron chi connectivity index (χ4n) is 1.41. The van der Waals surface area contributed by atoms with Gasteiger partial charge in [-0.3, -0.25) is 4.79 Å². The summed E-state index contributed by atoms with van der Waals surface area (Å²) in [6.45, 7) is 3.21. The summed E-state index contributed by atoms with van der Waals surface area (Å²) in [4.78, 5) is 22.6. The molecule has 0 aliphatic carbocycles. The minimum Gasteiger partial charge on any atom is -0.480 e. The Kier molecular flexibility index (Phi) is 5.63. The normalized spacial score (nSPS) is 13.4. The molecule has 0 saturated carbocycles. The van der Waals surface area contributed by atoms with Crippen molar-refractivity contribution < 1.29 is 19.4 Å². The minimum atomic E-state index is -1.07. The summed E-state index contributed by atoms with van der Waals surface area (Å²) in [5.41, 5.74) is 0. The van der Waals surface area contributed by atoms with Gasteiger partial charge in [0.05, 0.1) is 5.02 Å². The van der Waals surface area contributed by atoms with Crippen molar-refractivity contribution in [1.82, 2.24) is 5.32 Å². The lowest BCUT2D eigenvalue weighted by Gasteiger charge is -2.18. The number of hydrogen-bond acceptors (Lipinski definition) is 3. The molecule has 0 spiro atoms. The number of amides is 1. The van der Waals surface area contributed by atoms with Crippen LogP contribution in [0.4, 0.5) is 0 Å². The second kappa shape index (κ2) is 6.99.